The highest BCUT2D eigenvalue weighted by molar-refractivity contribution is 7.91. The molecule has 2 heterocycles. The molecule has 1 aromatic carbocycles. The van der Waals surface area contributed by atoms with Gasteiger partial charge in [-0.25, -0.2) is 8.42 Å². The Hall–Kier alpha value is -0.530. The molecule has 3 rings (SSSR count). The zero-order chi connectivity index (χ0) is 19.1. The van der Waals surface area contributed by atoms with Crippen molar-refractivity contribution in [3.8, 4) is 0 Å². The summed E-state index contributed by atoms with van der Waals surface area (Å²) in [5.74, 6) is -0.105. The van der Waals surface area contributed by atoms with Crippen molar-refractivity contribution in [3.05, 3.63) is 32.1 Å². The molecule has 26 heavy (non-hydrogen) atoms. The Bertz CT molecular complexity index is 956. The van der Waals surface area contributed by atoms with Crippen LogP contribution >= 0.6 is 46.1 Å². The highest BCUT2D eigenvalue weighted by Gasteiger charge is 2.36. The summed E-state index contributed by atoms with van der Waals surface area (Å²) in [6.07, 6.45) is 2.18. The fourth-order valence-electron chi connectivity index (χ4n) is 3.18. The summed E-state index contributed by atoms with van der Waals surface area (Å²) in [6.45, 7) is 2.54. The number of rotatable bonds is 5. The molecule has 0 saturated carbocycles. The number of halogens is 3. The van der Waals surface area contributed by atoms with Gasteiger partial charge in [0.1, 0.15) is 4.88 Å². The summed E-state index contributed by atoms with van der Waals surface area (Å²) in [6, 6.07) is 3.02. The van der Waals surface area contributed by atoms with E-state index < -0.39 is 9.84 Å². The molecule has 0 N–H and O–H groups in total. The number of fused-ring (bicyclic) bond motifs is 1. The molecule has 0 radical (unpaired) electrons. The first-order valence-electron chi connectivity index (χ1n) is 8.32. The Labute approximate surface area is 171 Å². The second-order valence-corrected chi connectivity index (χ2v) is 10.9. The first-order chi connectivity index (χ1) is 12.2. The molecule has 1 amide bonds. The molecular formula is C17H18Cl3NO3S2. The number of benzene rings is 1. The second-order valence-electron chi connectivity index (χ2n) is 6.41. The van der Waals surface area contributed by atoms with E-state index in [1.807, 2.05) is 6.92 Å². The van der Waals surface area contributed by atoms with Crippen molar-refractivity contribution in [2.24, 2.45) is 0 Å². The first kappa shape index (κ1) is 20.2. The van der Waals surface area contributed by atoms with E-state index in [4.69, 9.17) is 34.8 Å². The molecule has 0 aliphatic carbocycles. The third-order valence-electron chi connectivity index (χ3n) is 4.51. The van der Waals surface area contributed by atoms with Crippen LogP contribution in [0.1, 0.15) is 35.9 Å². The van der Waals surface area contributed by atoms with Gasteiger partial charge < -0.3 is 4.90 Å². The third-order valence-corrected chi connectivity index (χ3v) is 8.39. The van der Waals surface area contributed by atoms with Crippen LogP contribution in [0.25, 0.3) is 10.1 Å². The zero-order valence-electron chi connectivity index (χ0n) is 14.1. The largest absolute Gasteiger partial charge is 0.334 e. The fraction of sp³-hybridized carbons (Fsp3) is 0.471. The maximum Gasteiger partial charge on any atom is 0.265 e. The van der Waals surface area contributed by atoms with Crippen molar-refractivity contribution in [2.45, 2.75) is 32.2 Å². The van der Waals surface area contributed by atoms with E-state index in [9.17, 15) is 13.2 Å². The van der Waals surface area contributed by atoms with Gasteiger partial charge in [0.15, 0.2) is 9.84 Å². The number of hydrogen-bond acceptors (Lipinski definition) is 4. The lowest BCUT2D eigenvalue weighted by Crippen LogP contribution is -2.41. The molecule has 0 spiro atoms. The normalized spacial score (nSPS) is 19.2. The number of amides is 1. The molecule has 1 aliphatic heterocycles. The Morgan fingerprint density at radius 3 is 2.65 bits per heavy atom. The van der Waals surface area contributed by atoms with Gasteiger partial charge in [0.25, 0.3) is 5.91 Å². The van der Waals surface area contributed by atoms with Crippen LogP contribution < -0.4 is 0 Å². The van der Waals surface area contributed by atoms with Crippen molar-refractivity contribution in [2.75, 3.05) is 18.1 Å². The quantitative estimate of drug-likeness (QED) is 0.616. The van der Waals surface area contributed by atoms with Gasteiger partial charge >= 0.3 is 0 Å². The van der Waals surface area contributed by atoms with E-state index in [0.29, 0.717) is 38.3 Å². The van der Waals surface area contributed by atoms with E-state index >= 15 is 0 Å². The molecular weight excluding hydrogens is 437 g/mol. The van der Waals surface area contributed by atoms with Crippen molar-refractivity contribution in [1.82, 2.24) is 4.90 Å². The predicted molar refractivity (Wildman–Crippen MR) is 110 cm³/mol. The van der Waals surface area contributed by atoms with Crippen LogP contribution in [0.4, 0.5) is 0 Å². The van der Waals surface area contributed by atoms with E-state index in [2.05, 4.69) is 0 Å². The summed E-state index contributed by atoms with van der Waals surface area (Å²) in [5, 5.41) is 1.79. The number of carbonyl (C=O) groups is 1. The minimum atomic E-state index is -3.09. The summed E-state index contributed by atoms with van der Waals surface area (Å²) < 4.78 is 24.5. The van der Waals surface area contributed by atoms with Crippen LogP contribution in [0, 0.1) is 0 Å². The van der Waals surface area contributed by atoms with Crippen molar-refractivity contribution in [3.63, 3.8) is 0 Å². The van der Waals surface area contributed by atoms with Crippen LogP contribution in [0.15, 0.2) is 12.1 Å². The fourth-order valence-corrected chi connectivity index (χ4v) is 7.24. The molecule has 9 heteroatoms. The second kappa shape index (κ2) is 7.84. The molecule has 1 saturated heterocycles. The smallest absolute Gasteiger partial charge is 0.265 e. The Morgan fingerprint density at radius 1 is 1.31 bits per heavy atom. The Balaban J connectivity index is 2.00. The third kappa shape index (κ3) is 3.99. The van der Waals surface area contributed by atoms with Crippen LogP contribution in [0.2, 0.25) is 15.1 Å². The monoisotopic (exact) mass is 453 g/mol. The van der Waals surface area contributed by atoms with Crippen molar-refractivity contribution < 1.29 is 13.2 Å². The molecule has 1 fully saturated rings. The summed E-state index contributed by atoms with van der Waals surface area (Å²) in [7, 11) is -3.09. The standard InChI is InChI=1S/C17H18Cl3NO3S2/c1-2-3-5-21(11-4-6-26(23,24)9-11)17(22)16-15(20)14-12(19)7-10(18)8-13(14)25-16/h7-8,11H,2-6,9H2,1H3. The number of hydrogen-bond donors (Lipinski definition) is 0. The highest BCUT2D eigenvalue weighted by atomic mass is 35.5. The Morgan fingerprint density at radius 2 is 2.04 bits per heavy atom. The van der Waals surface area contributed by atoms with E-state index in [1.54, 1.807) is 17.0 Å². The molecule has 2 aromatic rings. The molecule has 142 valence electrons. The lowest BCUT2D eigenvalue weighted by molar-refractivity contribution is 0.0699. The number of sulfone groups is 1. The Kier molecular flexibility index (Phi) is 6.09. The number of unbranched alkanes of at least 4 members (excludes halogenated alkanes) is 1. The molecule has 1 aliphatic rings. The minimum absolute atomic E-state index is 0.0115. The van der Waals surface area contributed by atoms with Gasteiger partial charge in [-0.2, -0.15) is 0 Å². The summed E-state index contributed by atoms with van der Waals surface area (Å²) in [4.78, 5) is 15.3. The highest BCUT2D eigenvalue weighted by Crippen LogP contribution is 2.42. The molecule has 4 nitrogen and oxygen atoms in total. The number of carbonyl (C=O) groups excluding carboxylic acids is 1. The van der Waals surface area contributed by atoms with Crippen LogP contribution in [0.5, 0.6) is 0 Å². The molecule has 1 aromatic heterocycles. The number of thiophene rings is 1. The average Bonchev–Trinajstić information content (AvgIpc) is 3.07. The van der Waals surface area contributed by atoms with E-state index in [0.717, 1.165) is 17.5 Å². The topological polar surface area (TPSA) is 54.5 Å². The maximum atomic E-state index is 13.2. The van der Waals surface area contributed by atoms with Crippen molar-refractivity contribution >= 4 is 72.0 Å². The minimum Gasteiger partial charge on any atom is -0.334 e. The van der Waals surface area contributed by atoms with Crippen LogP contribution in [-0.4, -0.2) is 43.3 Å². The van der Waals surface area contributed by atoms with E-state index in [-0.39, 0.29) is 23.5 Å². The van der Waals surface area contributed by atoms with Crippen molar-refractivity contribution in [1.29, 1.82) is 0 Å². The molecule has 1 unspecified atom stereocenters. The molecule has 1 atom stereocenters. The number of nitrogens with zero attached hydrogens (tertiary/aromatic N) is 1. The van der Waals surface area contributed by atoms with Gasteiger partial charge in [0.05, 0.1) is 21.6 Å². The molecule has 0 bridgehead atoms. The van der Waals surface area contributed by atoms with Gasteiger partial charge in [-0.05, 0) is 25.0 Å². The SMILES string of the molecule is CCCCN(C(=O)c1sc2cc(Cl)cc(Cl)c2c1Cl)C1CCS(=O)(=O)C1. The van der Waals surface area contributed by atoms with Gasteiger partial charge in [-0.3, -0.25) is 4.79 Å². The lowest BCUT2D eigenvalue weighted by Gasteiger charge is -2.28. The first-order valence-corrected chi connectivity index (χ1v) is 12.1. The summed E-state index contributed by atoms with van der Waals surface area (Å²) in [5.41, 5.74) is 0. The van der Waals surface area contributed by atoms with Crippen LogP contribution in [0.3, 0.4) is 0 Å². The van der Waals surface area contributed by atoms with Gasteiger partial charge in [-0.1, -0.05) is 48.1 Å². The average molecular weight is 455 g/mol. The zero-order valence-corrected chi connectivity index (χ0v) is 18.0. The van der Waals surface area contributed by atoms with E-state index in [1.165, 1.54) is 11.3 Å². The van der Waals surface area contributed by atoms with Gasteiger partial charge in [-0.15, -0.1) is 11.3 Å². The lowest BCUT2D eigenvalue weighted by atomic mass is 10.1. The van der Waals surface area contributed by atoms with Gasteiger partial charge in [0, 0.05) is 27.7 Å². The summed E-state index contributed by atoms with van der Waals surface area (Å²) >= 11 is 20.0. The van der Waals surface area contributed by atoms with Gasteiger partial charge in [0.2, 0.25) is 0 Å². The predicted octanol–water partition coefficient (Wildman–Crippen LogP) is 5.29. The maximum absolute atomic E-state index is 13.2. The van der Waals surface area contributed by atoms with Crippen LogP contribution in [-0.2, 0) is 9.84 Å².